The van der Waals surface area contributed by atoms with Gasteiger partial charge in [0.05, 0.1) is 0 Å². The molecule has 0 aromatic carbocycles. The molecular weight excluding hydrogens is 291 g/mol. The van der Waals surface area contributed by atoms with Crippen LogP contribution in [0.5, 0.6) is 0 Å². The zero-order chi connectivity index (χ0) is 12.1. The first-order chi connectivity index (χ1) is 6.81. The Balaban J connectivity index is 4.51. The molecule has 0 spiro atoms. The van der Waals surface area contributed by atoms with Gasteiger partial charge in [-0.2, -0.15) is 0 Å². The second-order valence-electron chi connectivity index (χ2n) is 4.06. The molecule has 0 radical (unpaired) electrons. The van der Waals surface area contributed by atoms with Gasteiger partial charge in [-0.1, -0.05) is 0 Å². The minimum atomic E-state index is -4.66. The summed E-state index contributed by atoms with van der Waals surface area (Å²) in [6.07, 6.45) is -0.187. The Morgan fingerprint density at radius 1 is 1.07 bits per heavy atom. The Kier molecular flexibility index (Phi) is 7.04. The number of hydrogen-bond acceptors (Lipinski definition) is 4. The molecule has 0 aliphatic heterocycles. The van der Waals surface area contributed by atoms with Crippen LogP contribution in [-0.2, 0) is 27.3 Å². The fraction of sp³-hybridized carbons (Fsp3) is 1.00. The second-order valence-corrected chi connectivity index (χ2v) is 13.5. The van der Waals surface area contributed by atoms with Crippen LogP contribution in [0.1, 0.15) is 34.6 Å². The summed E-state index contributed by atoms with van der Waals surface area (Å²) in [7, 11) is -1.95. The van der Waals surface area contributed by atoms with E-state index in [0.29, 0.717) is 0 Å². The molecule has 0 aromatic rings. The summed E-state index contributed by atoms with van der Waals surface area (Å²) in [5.41, 5.74) is 0. The van der Waals surface area contributed by atoms with Crippen molar-refractivity contribution in [2.45, 2.75) is 58.9 Å². The van der Waals surface area contributed by atoms with Crippen molar-refractivity contribution in [3.8, 4) is 0 Å². The van der Waals surface area contributed by atoms with Gasteiger partial charge in [-0.3, -0.25) is 0 Å². The summed E-state index contributed by atoms with van der Waals surface area (Å²) in [4.78, 5) is 0. The molecule has 2 N–H and O–H groups in total. The van der Waals surface area contributed by atoms with Gasteiger partial charge in [0.2, 0.25) is 0 Å². The Bertz CT molecular complexity index is 175. The molecular formula is C9H24O4SiZr. The Hall–Kier alpha value is 0.940. The maximum absolute atomic E-state index is 9.77. The zero-order valence-electron chi connectivity index (χ0n) is 10.4. The van der Waals surface area contributed by atoms with Gasteiger partial charge in [0.25, 0.3) is 0 Å². The third kappa shape index (κ3) is 5.71. The van der Waals surface area contributed by atoms with Crippen molar-refractivity contribution in [1.29, 1.82) is 0 Å². The summed E-state index contributed by atoms with van der Waals surface area (Å²) in [5.74, 6) is 0. The molecule has 6 heteroatoms. The summed E-state index contributed by atoms with van der Waals surface area (Å²) < 4.78 is 30.3. The monoisotopic (exact) mass is 314 g/mol. The summed E-state index contributed by atoms with van der Waals surface area (Å²) in [6, 6.07) is 2.71. The molecule has 4 nitrogen and oxygen atoms in total. The van der Waals surface area contributed by atoms with Crippen molar-refractivity contribution < 1.29 is 33.7 Å². The maximum atomic E-state index is 9.77. The first kappa shape index (κ1) is 15.9. The Morgan fingerprint density at radius 3 is 1.73 bits per heavy atom. The summed E-state index contributed by atoms with van der Waals surface area (Å²) in [6.45, 7) is 9.73. The molecule has 0 amide bonds. The third-order valence-electron chi connectivity index (χ3n) is 2.67. The van der Waals surface area contributed by atoms with Crippen LogP contribution in [0, 0.1) is 0 Å². The molecule has 0 saturated heterocycles. The number of hydrogen-bond donors (Lipinski definition) is 2. The van der Waals surface area contributed by atoms with E-state index in [1.165, 1.54) is 0 Å². The van der Waals surface area contributed by atoms with Gasteiger partial charge in [0.15, 0.2) is 0 Å². The predicted molar refractivity (Wildman–Crippen MR) is 58.9 cm³/mol. The number of rotatable bonds is 7. The van der Waals surface area contributed by atoms with Crippen LogP contribution < -0.4 is 0 Å². The van der Waals surface area contributed by atoms with Crippen LogP contribution in [0.15, 0.2) is 0 Å². The van der Waals surface area contributed by atoms with Crippen LogP contribution >= 0.6 is 0 Å². The molecule has 0 aliphatic carbocycles. The molecule has 0 bridgehead atoms. The molecule has 15 heavy (non-hydrogen) atoms. The van der Waals surface area contributed by atoms with Gasteiger partial charge in [0.1, 0.15) is 0 Å². The second kappa shape index (κ2) is 6.62. The summed E-state index contributed by atoms with van der Waals surface area (Å²) >= 11 is -4.66. The average molecular weight is 316 g/mol. The molecule has 0 aliphatic rings. The standard InChI is InChI=1S/C6H15OSi.C3H7O.2H2O.Zr/c1-4-8(7,5-2)6-3;1-3(2)4;;;/h4-6H2,1-3H3;3H,1-2H3;2*1H2;/q2*-1;;;+4/p-2. The van der Waals surface area contributed by atoms with Gasteiger partial charge in [-0.15, -0.1) is 0 Å². The topological polar surface area (TPSA) is 58.9 Å². The van der Waals surface area contributed by atoms with Gasteiger partial charge in [-0.05, 0) is 0 Å². The predicted octanol–water partition coefficient (Wildman–Crippen LogP) is 2.23. The van der Waals surface area contributed by atoms with Gasteiger partial charge < -0.3 is 0 Å². The molecule has 0 rings (SSSR count). The van der Waals surface area contributed by atoms with Crippen molar-refractivity contribution in [2.75, 3.05) is 0 Å². The van der Waals surface area contributed by atoms with Crippen molar-refractivity contribution >= 4 is 8.32 Å². The third-order valence-corrected chi connectivity index (χ3v) is 14.3. The zero-order valence-corrected chi connectivity index (χ0v) is 13.9. The van der Waals surface area contributed by atoms with Gasteiger partial charge in [0, 0.05) is 0 Å². The SMILES string of the molecule is CC[Si](CC)(CC)[O][Zr]([OH])([OH])[O]C(C)C. The van der Waals surface area contributed by atoms with E-state index in [4.69, 9.17) is 5.32 Å². The van der Waals surface area contributed by atoms with Gasteiger partial charge >= 0.3 is 101 Å². The van der Waals surface area contributed by atoms with E-state index in [0.717, 1.165) is 18.1 Å². The van der Waals surface area contributed by atoms with Crippen molar-refractivity contribution in [1.82, 2.24) is 0 Å². The van der Waals surface area contributed by atoms with E-state index in [-0.39, 0.29) is 6.10 Å². The normalized spacial score (nSPS) is 13.6. The first-order valence-corrected chi connectivity index (χ1v) is 12.4. The van der Waals surface area contributed by atoms with Crippen LogP contribution in [0.2, 0.25) is 18.1 Å². The van der Waals surface area contributed by atoms with E-state index < -0.39 is 30.3 Å². The van der Waals surface area contributed by atoms with Crippen molar-refractivity contribution in [3.05, 3.63) is 0 Å². The summed E-state index contributed by atoms with van der Waals surface area (Å²) in [5, 5.41) is 0. The average Bonchev–Trinajstić information content (AvgIpc) is 2.12. The molecule has 0 saturated carbocycles. The quantitative estimate of drug-likeness (QED) is 0.707. The van der Waals surface area contributed by atoms with Gasteiger partial charge in [-0.25, -0.2) is 0 Å². The van der Waals surface area contributed by atoms with E-state index in [1.54, 1.807) is 13.8 Å². The first-order valence-electron chi connectivity index (χ1n) is 5.63. The van der Waals surface area contributed by atoms with E-state index in [2.05, 4.69) is 20.8 Å². The van der Waals surface area contributed by atoms with Crippen LogP contribution in [0.4, 0.5) is 0 Å². The molecule has 0 unspecified atom stereocenters. The Labute approximate surface area is 101 Å². The van der Waals surface area contributed by atoms with Crippen LogP contribution in [-0.4, -0.2) is 20.8 Å². The fourth-order valence-corrected chi connectivity index (χ4v) is 13.3. The van der Waals surface area contributed by atoms with E-state index in [9.17, 15) is 6.37 Å². The molecule has 0 aromatic heterocycles. The Morgan fingerprint density at radius 2 is 1.47 bits per heavy atom. The van der Waals surface area contributed by atoms with Crippen molar-refractivity contribution in [2.24, 2.45) is 0 Å². The van der Waals surface area contributed by atoms with Crippen molar-refractivity contribution in [3.63, 3.8) is 0 Å². The molecule has 0 heterocycles. The van der Waals surface area contributed by atoms with Crippen LogP contribution in [0.3, 0.4) is 0 Å². The minimum absolute atomic E-state index is 0.187. The molecule has 0 atom stereocenters. The molecule has 92 valence electrons. The van der Waals surface area contributed by atoms with E-state index in [1.807, 2.05) is 0 Å². The molecule has 0 fully saturated rings. The fourth-order valence-electron chi connectivity index (χ4n) is 1.58. The van der Waals surface area contributed by atoms with Crippen LogP contribution in [0.25, 0.3) is 0 Å². The van der Waals surface area contributed by atoms with E-state index >= 15 is 0 Å².